The largest absolute Gasteiger partial charge is 0.382 e. The van der Waals surface area contributed by atoms with Crippen molar-refractivity contribution in [3.8, 4) is 6.07 Å². The molecule has 88 valence electrons. The third-order valence-corrected chi connectivity index (χ3v) is 4.00. The summed E-state index contributed by atoms with van der Waals surface area (Å²) >= 11 is 0. The van der Waals surface area contributed by atoms with Crippen LogP contribution in [0.1, 0.15) is 18.4 Å². The average molecular weight is 227 g/mol. The van der Waals surface area contributed by atoms with Crippen LogP contribution >= 0.6 is 0 Å². The fourth-order valence-corrected chi connectivity index (χ4v) is 3.00. The molecule has 17 heavy (non-hydrogen) atoms. The van der Waals surface area contributed by atoms with E-state index in [0.717, 1.165) is 17.2 Å². The van der Waals surface area contributed by atoms with Crippen molar-refractivity contribution in [3.05, 3.63) is 29.8 Å². The Labute approximate surface area is 102 Å². The second-order valence-corrected chi connectivity index (χ2v) is 5.08. The minimum Gasteiger partial charge on any atom is -0.382 e. The quantitative estimate of drug-likeness (QED) is 0.840. The molecule has 2 heterocycles. The molecule has 1 aromatic carbocycles. The van der Waals surface area contributed by atoms with Crippen molar-refractivity contribution in [1.82, 2.24) is 4.90 Å². The van der Waals surface area contributed by atoms with E-state index in [1.165, 1.54) is 32.5 Å². The molecule has 0 radical (unpaired) electrons. The van der Waals surface area contributed by atoms with E-state index < -0.39 is 0 Å². The van der Waals surface area contributed by atoms with Crippen molar-refractivity contribution in [2.45, 2.75) is 18.9 Å². The van der Waals surface area contributed by atoms with Crippen molar-refractivity contribution < 1.29 is 0 Å². The average Bonchev–Trinajstić information content (AvgIpc) is 2.77. The number of piperidine rings is 1. The molecule has 1 aromatic rings. The number of hydrogen-bond acceptors (Lipinski definition) is 3. The summed E-state index contributed by atoms with van der Waals surface area (Å²) in [5.74, 6) is 0.805. The third kappa shape index (κ3) is 2.13. The molecule has 3 unspecified atom stereocenters. The zero-order valence-corrected chi connectivity index (χ0v) is 9.89. The number of anilines is 1. The monoisotopic (exact) mass is 227 g/mol. The van der Waals surface area contributed by atoms with Crippen molar-refractivity contribution >= 4 is 5.69 Å². The smallest absolute Gasteiger partial charge is 0.0991 e. The van der Waals surface area contributed by atoms with Gasteiger partial charge in [0.2, 0.25) is 0 Å². The van der Waals surface area contributed by atoms with Crippen LogP contribution in [0.3, 0.4) is 0 Å². The van der Waals surface area contributed by atoms with Crippen molar-refractivity contribution in [3.63, 3.8) is 0 Å². The van der Waals surface area contributed by atoms with Crippen LogP contribution in [0.5, 0.6) is 0 Å². The van der Waals surface area contributed by atoms with E-state index in [9.17, 15) is 0 Å². The Morgan fingerprint density at radius 3 is 2.71 bits per heavy atom. The zero-order valence-electron chi connectivity index (χ0n) is 9.89. The Morgan fingerprint density at radius 2 is 1.94 bits per heavy atom. The molecule has 0 aromatic heterocycles. The summed E-state index contributed by atoms with van der Waals surface area (Å²) < 4.78 is 0. The molecule has 3 nitrogen and oxygen atoms in total. The summed E-state index contributed by atoms with van der Waals surface area (Å²) in [6, 6.07) is 10.6. The maximum atomic E-state index is 8.76. The Bertz CT molecular complexity index is 432. The molecule has 1 N–H and O–H groups in total. The van der Waals surface area contributed by atoms with Crippen LogP contribution in [0.2, 0.25) is 0 Å². The van der Waals surface area contributed by atoms with Crippen LogP contribution in [0.25, 0.3) is 0 Å². The SMILES string of the molecule is N#Cc1ccc(NC2CCN3CCC2C3)cc1. The highest BCUT2D eigenvalue weighted by molar-refractivity contribution is 5.48. The Kier molecular flexibility index (Phi) is 2.74. The second kappa shape index (κ2) is 4.38. The lowest BCUT2D eigenvalue weighted by molar-refractivity contribution is 0.255. The molecule has 0 aliphatic carbocycles. The number of nitrogens with one attached hydrogen (secondary N) is 1. The van der Waals surface area contributed by atoms with E-state index in [1.54, 1.807) is 0 Å². The molecule has 0 amide bonds. The molecule has 2 saturated heterocycles. The molecule has 2 bridgehead atoms. The number of nitrogens with zero attached hydrogens (tertiary/aromatic N) is 2. The number of hydrogen-bond donors (Lipinski definition) is 1. The van der Waals surface area contributed by atoms with Gasteiger partial charge in [-0.3, -0.25) is 0 Å². The number of nitriles is 1. The van der Waals surface area contributed by atoms with Gasteiger partial charge in [0.05, 0.1) is 11.6 Å². The summed E-state index contributed by atoms with van der Waals surface area (Å²) in [5, 5.41) is 12.4. The van der Waals surface area contributed by atoms with Crippen LogP contribution in [-0.4, -0.2) is 30.6 Å². The first kappa shape index (κ1) is 10.6. The van der Waals surface area contributed by atoms with Gasteiger partial charge in [0, 0.05) is 24.8 Å². The first-order chi connectivity index (χ1) is 8.35. The van der Waals surface area contributed by atoms with Gasteiger partial charge >= 0.3 is 0 Å². The molecular formula is C14H17N3. The van der Waals surface area contributed by atoms with Crippen molar-refractivity contribution in [1.29, 1.82) is 5.26 Å². The predicted molar refractivity (Wildman–Crippen MR) is 67.7 cm³/mol. The van der Waals surface area contributed by atoms with E-state index in [0.29, 0.717) is 6.04 Å². The normalized spacial score (nSPS) is 30.9. The van der Waals surface area contributed by atoms with Gasteiger partial charge in [0.1, 0.15) is 0 Å². The van der Waals surface area contributed by atoms with Gasteiger partial charge in [-0.25, -0.2) is 0 Å². The third-order valence-electron chi connectivity index (χ3n) is 4.00. The zero-order chi connectivity index (χ0) is 11.7. The summed E-state index contributed by atoms with van der Waals surface area (Å²) in [5.41, 5.74) is 1.88. The summed E-state index contributed by atoms with van der Waals surface area (Å²) in [6.07, 6.45) is 2.57. The molecule has 2 fully saturated rings. The van der Waals surface area contributed by atoms with Gasteiger partial charge in [-0.1, -0.05) is 0 Å². The molecule has 0 spiro atoms. The van der Waals surface area contributed by atoms with E-state index in [1.807, 2.05) is 24.3 Å². The standard InChI is InChI=1S/C14H17N3/c15-9-11-1-3-13(4-2-11)16-14-6-8-17-7-5-12(14)10-17/h1-4,12,14,16H,5-8,10H2. The van der Waals surface area contributed by atoms with E-state index >= 15 is 0 Å². The van der Waals surface area contributed by atoms with Gasteiger partial charge in [0.25, 0.3) is 0 Å². The molecular weight excluding hydrogens is 210 g/mol. The number of benzene rings is 1. The molecule has 0 saturated carbocycles. The van der Waals surface area contributed by atoms with E-state index in [4.69, 9.17) is 5.26 Å². The Balaban J connectivity index is 1.68. The highest BCUT2D eigenvalue weighted by Gasteiger charge is 2.33. The molecule has 3 atom stereocenters. The van der Waals surface area contributed by atoms with Crippen LogP contribution in [0.15, 0.2) is 24.3 Å². The molecule has 2 aliphatic rings. The maximum Gasteiger partial charge on any atom is 0.0991 e. The molecule has 3 heteroatoms. The topological polar surface area (TPSA) is 39.1 Å². The number of rotatable bonds is 2. The Hall–Kier alpha value is -1.53. The van der Waals surface area contributed by atoms with Crippen LogP contribution in [-0.2, 0) is 0 Å². The lowest BCUT2D eigenvalue weighted by atomic mass is 9.94. The lowest BCUT2D eigenvalue weighted by Gasteiger charge is -2.31. The van der Waals surface area contributed by atoms with Gasteiger partial charge in [-0.05, 0) is 49.6 Å². The van der Waals surface area contributed by atoms with E-state index in [-0.39, 0.29) is 0 Å². The van der Waals surface area contributed by atoms with Crippen LogP contribution in [0, 0.1) is 17.2 Å². The lowest BCUT2D eigenvalue weighted by Crippen LogP contribution is -2.39. The summed E-state index contributed by atoms with van der Waals surface area (Å²) in [6.45, 7) is 3.76. The Morgan fingerprint density at radius 1 is 1.18 bits per heavy atom. The predicted octanol–water partition coefficient (Wildman–Crippen LogP) is 2.06. The fraction of sp³-hybridized carbons (Fsp3) is 0.500. The first-order valence-corrected chi connectivity index (χ1v) is 6.34. The van der Waals surface area contributed by atoms with Gasteiger partial charge in [-0.2, -0.15) is 5.26 Å². The van der Waals surface area contributed by atoms with Crippen LogP contribution in [0.4, 0.5) is 5.69 Å². The minimum absolute atomic E-state index is 0.613. The van der Waals surface area contributed by atoms with Gasteiger partial charge in [0.15, 0.2) is 0 Å². The minimum atomic E-state index is 0.613. The number of fused-ring (bicyclic) bond motifs is 2. The molecule has 2 aliphatic heterocycles. The van der Waals surface area contributed by atoms with E-state index in [2.05, 4.69) is 16.3 Å². The first-order valence-electron chi connectivity index (χ1n) is 6.34. The maximum absolute atomic E-state index is 8.76. The van der Waals surface area contributed by atoms with Crippen molar-refractivity contribution in [2.24, 2.45) is 5.92 Å². The highest BCUT2D eigenvalue weighted by Crippen LogP contribution is 2.29. The summed E-state index contributed by atoms with van der Waals surface area (Å²) in [7, 11) is 0. The highest BCUT2D eigenvalue weighted by atomic mass is 15.2. The summed E-state index contributed by atoms with van der Waals surface area (Å²) in [4.78, 5) is 2.56. The van der Waals surface area contributed by atoms with Crippen molar-refractivity contribution in [2.75, 3.05) is 25.0 Å². The van der Waals surface area contributed by atoms with Crippen LogP contribution < -0.4 is 5.32 Å². The second-order valence-electron chi connectivity index (χ2n) is 5.08. The fourth-order valence-electron chi connectivity index (χ4n) is 3.00. The molecule has 3 rings (SSSR count). The van der Waals surface area contributed by atoms with Gasteiger partial charge < -0.3 is 10.2 Å². The van der Waals surface area contributed by atoms with Gasteiger partial charge in [-0.15, -0.1) is 0 Å².